The molecule has 28 heavy (non-hydrogen) atoms. The van der Waals surface area contributed by atoms with Gasteiger partial charge in [-0.1, -0.05) is 46.3 Å². The van der Waals surface area contributed by atoms with E-state index in [1.54, 1.807) is 12.1 Å². The van der Waals surface area contributed by atoms with Crippen LogP contribution < -0.4 is 4.74 Å². The van der Waals surface area contributed by atoms with Crippen LogP contribution in [0.3, 0.4) is 0 Å². The second-order valence-electron chi connectivity index (χ2n) is 6.02. The van der Waals surface area contributed by atoms with Gasteiger partial charge in [0, 0.05) is 14.3 Å². The van der Waals surface area contributed by atoms with E-state index in [2.05, 4.69) is 47.1 Å². The summed E-state index contributed by atoms with van der Waals surface area (Å²) in [6.07, 6.45) is 0. The Labute approximate surface area is 176 Å². The summed E-state index contributed by atoms with van der Waals surface area (Å²) in [7, 11) is 0. The first kappa shape index (κ1) is 18.6. The molecular weight excluding hydrogens is 490 g/mol. The number of hydrogen-bond donors (Lipinski definition) is 2. The number of carbonyl (C=O) groups is 1. The predicted molar refractivity (Wildman–Crippen MR) is 114 cm³/mol. The molecule has 0 atom stereocenters. The standard InChI is InChI=1S/C20H13Br2N3O3/c21-13-8-15-18(16(22)9-13)23-20(27)19(15)25-24-17(26)10-28-14-6-5-11-3-1-2-4-12(11)7-14/h1-9,23,27H,10H2. The minimum absolute atomic E-state index is 0.166. The first-order valence-electron chi connectivity index (χ1n) is 8.27. The Morgan fingerprint density at radius 1 is 1.07 bits per heavy atom. The lowest BCUT2D eigenvalue weighted by atomic mass is 10.1. The third-order valence-corrected chi connectivity index (χ3v) is 5.21. The van der Waals surface area contributed by atoms with Crippen LogP contribution in [0.15, 0.2) is 73.8 Å². The van der Waals surface area contributed by atoms with Crippen LogP contribution in [0.4, 0.5) is 5.69 Å². The van der Waals surface area contributed by atoms with Gasteiger partial charge >= 0.3 is 5.91 Å². The Kier molecular flexibility index (Phi) is 5.15. The number of hydrogen-bond acceptors (Lipinski definition) is 4. The number of ether oxygens (including phenoxy) is 1. The van der Waals surface area contributed by atoms with Crippen LogP contribution in [-0.4, -0.2) is 22.6 Å². The summed E-state index contributed by atoms with van der Waals surface area (Å²) in [4.78, 5) is 14.9. The van der Waals surface area contributed by atoms with Crippen LogP contribution in [0.25, 0.3) is 21.7 Å². The number of fused-ring (bicyclic) bond motifs is 2. The molecule has 0 saturated carbocycles. The van der Waals surface area contributed by atoms with E-state index in [0.29, 0.717) is 16.7 Å². The van der Waals surface area contributed by atoms with E-state index < -0.39 is 5.91 Å². The fourth-order valence-corrected chi connectivity index (χ4v) is 4.16. The number of rotatable bonds is 4. The summed E-state index contributed by atoms with van der Waals surface area (Å²) < 4.78 is 7.06. The minimum atomic E-state index is -0.559. The molecule has 4 rings (SSSR count). The summed E-state index contributed by atoms with van der Waals surface area (Å²) >= 11 is 6.80. The number of amides is 1. The normalized spacial score (nSPS) is 11.5. The van der Waals surface area contributed by atoms with Gasteiger partial charge in [-0.2, -0.15) is 0 Å². The number of nitrogens with zero attached hydrogens (tertiary/aromatic N) is 2. The Balaban J connectivity index is 1.49. The van der Waals surface area contributed by atoms with Gasteiger partial charge in [0.2, 0.25) is 5.88 Å². The fraction of sp³-hybridized carbons (Fsp3) is 0.0500. The summed E-state index contributed by atoms with van der Waals surface area (Å²) in [6.45, 7) is -0.252. The smallest absolute Gasteiger partial charge is 0.302 e. The molecule has 1 aromatic heterocycles. The van der Waals surface area contributed by atoms with E-state index in [9.17, 15) is 9.90 Å². The first-order chi connectivity index (χ1) is 13.5. The monoisotopic (exact) mass is 501 g/mol. The van der Waals surface area contributed by atoms with Crippen LogP contribution >= 0.6 is 31.9 Å². The van der Waals surface area contributed by atoms with Crippen molar-refractivity contribution < 1.29 is 14.6 Å². The van der Waals surface area contributed by atoms with Crippen molar-refractivity contribution in [3.05, 3.63) is 63.5 Å². The number of H-pyrrole nitrogens is 1. The maximum absolute atomic E-state index is 12.1. The molecule has 2 N–H and O–H groups in total. The highest BCUT2D eigenvalue weighted by Gasteiger charge is 2.14. The molecule has 0 aliphatic heterocycles. The van der Waals surface area contributed by atoms with E-state index in [1.165, 1.54) is 0 Å². The van der Waals surface area contributed by atoms with Crippen LogP contribution in [-0.2, 0) is 4.79 Å². The molecule has 140 valence electrons. The SMILES string of the molecule is O=C(COc1ccc2ccccc2c1)N=Nc1c(O)[nH]c2c(Br)cc(Br)cc12. The fourth-order valence-electron chi connectivity index (χ4n) is 2.83. The number of nitrogens with one attached hydrogen (secondary N) is 1. The Morgan fingerprint density at radius 3 is 2.68 bits per heavy atom. The highest BCUT2D eigenvalue weighted by molar-refractivity contribution is 9.11. The zero-order chi connectivity index (χ0) is 19.7. The van der Waals surface area contributed by atoms with Gasteiger partial charge in [-0.25, -0.2) is 0 Å². The van der Waals surface area contributed by atoms with E-state index in [-0.39, 0.29) is 18.2 Å². The molecule has 0 radical (unpaired) electrons. The third kappa shape index (κ3) is 3.79. The highest BCUT2D eigenvalue weighted by Crippen LogP contribution is 2.40. The molecule has 3 aromatic carbocycles. The van der Waals surface area contributed by atoms with Crippen LogP contribution in [0, 0.1) is 0 Å². The second kappa shape index (κ2) is 7.73. The molecule has 0 aliphatic rings. The largest absolute Gasteiger partial charge is 0.493 e. The minimum Gasteiger partial charge on any atom is -0.493 e. The molecule has 0 fully saturated rings. The Morgan fingerprint density at radius 2 is 1.86 bits per heavy atom. The van der Waals surface area contributed by atoms with E-state index in [4.69, 9.17) is 4.74 Å². The zero-order valence-corrected chi connectivity index (χ0v) is 17.5. The van der Waals surface area contributed by atoms with Gasteiger partial charge < -0.3 is 14.8 Å². The number of aromatic amines is 1. The second-order valence-corrected chi connectivity index (χ2v) is 7.79. The van der Waals surface area contributed by atoms with Crippen molar-refractivity contribution in [2.24, 2.45) is 10.2 Å². The number of halogens is 2. The molecule has 4 aromatic rings. The number of benzene rings is 3. The van der Waals surface area contributed by atoms with Crippen LogP contribution in [0.1, 0.15) is 0 Å². The topological polar surface area (TPSA) is 87.0 Å². The Bertz CT molecular complexity index is 1230. The summed E-state index contributed by atoms with van der Waals surface area (Å²) in [5, 5.41) is 20.4. The number of aromatic hydroxyl groups is 1. The van der Waals surface area contributed by atoms with Crippen molar-refractivity contribution in [2.45, 2.75) is 0 Å². The average molecular weight is 503 g/mol. The van der Waals surface area contributed by atoms with Gasteiger partial charge in [0.05, 0.1) is 5.52 Å². The predicted octanol–water partition coefficient (Wildman–Crippen LogP) is 6.24. The lowest BCUT2D eigenvalue weighted by Gasteiger charge is -2.04. The molecular formula is C20H13Br2N3O3. The first-order valence-corrected chi connectivity index (χ1v) is 9.86. The molecule has 0 aliphatic carbocycles. The number of azo groups is 1. The van der Waals surface area contributed by atoms with Crippen LogP contribution in [0.5, 0.6) is 11.6 Å². The molecule has 1 amide bonds. The van der Waals surface area contributed by atoms with E-state index in [0.717, 1.165) is 19.7 Å². The van der Waals surface area contributed by atoms with Gasteiger partial charge in [0.1, 0.15) is 5.75 Å². The lowest BCUT2D eigenvalue weighted by Crippen LogP contribution is -2.07. The van der Waals surface area contributed by atoms with Crippen molar-refractivity contribution in [3.63, 3.8) is 0 Å². The van der Waals surface area contributed by atoms with Crippen LogP contribution in [0.2, 0.25) is 0 Å². The molecule has 0 unspecified atom stereocenters. The summed E-state index contributed by atoms with van der Waals surface area (Å²) in [5.74, 6) is -0.151. The van der Waals surface area contributed by atoms with Gasteiger partial charge in [0.25, 0.3) is 0 Å². The lowest BCUT2D eigenvalue weighted by molar-refractivity contribution is -0.120. The summed E-state index contributed by atoms with van der Waals surface area (Å²) in [6, 6.07) is 17.1. The molecule has 6 nitrogen and oxygen atoms in total. The molecule has 1 heterocycles. The highest BCUT2D eigenvalue weighted by atomic mass is 79.9. The maximum Gasteiger partial charge on any atom is 0.302 e. The van der Waals surface area contributed by atoms with Crippen molar-refractivity contribution in [2.75, 3.05) is 6.61 Å². The zero-order valence-electron chi connectivity index (χ0n) is 14.3. The Hall–Kier alpha value is -2.71. The van der Waals surface area contributed by atoms with Crippen molar-refractivity contribution in [1.29, 1.82) is 0 Å². The maximum atomic E-state index is 12.1. The van der Waals surface area contributed by atoms with E-state index in [1.807, 2.05) is 42.5 Å². The quantitative estimate of drug-likeness (QED) is 0.324. The van der Waals surface area contributed by atoms with Crippen molar-refractivity contribution in [1.82, 2.24) is 4.98 Å². The average Bonchev–Trinajstić information content (AvgIpc) is 3.00. The number of carbonyl (C=O) groups excluding carboxylic acids is 1. The molecule has 8 heteroatoms. The molecule has 0 spiro atoms. The van der Waals surface area contributed by atoms with Crippen molar-refractivity contribution >= 4 is 65.1 Å². The van der Waals surface area contributed by atoms with Gasteiger partial charge in [-0.3, -0.25) is 4.79 Å². The molecule has 0 saturated heterocycles. The van der Waals surface area contributed by atoms with Gasteiger partial charge in [0.15, 0.2) is 12.3 Å². The summed E-state index contributed by atoms with van der Waals surface area (Å²) in [5.41, 5.74) is 0.852. The van der Waals surface area contributed by atoms with E-state index >= 15 is 0 Å². The molecule has 0 bridgehead atoms. The van der Waals surface area contributed by atoms with Crippen molar-refractivity contribution in [3.8, 4) is 11.6 Å². The van der Waals surface area contributed by atoms with Gasteiger partial charge in [-0.05, 0) is 51.0 Å². The third-order valence-electron chi connectivity index (χ3n) is 4.12. The number of aromatic nitrogens is 1. The van der Waals surface area contributed by atoms with Gasteiger partial charge in [-0.15, -0.1) is 10.2 Å².